The number of aromatic amines is 1. The van der Waals surface area contributed by atoms with Crippen molar-refractivity contribution in [2.24, 2.45) is 0 Å². The van der Waals surface area contributed by atoms with Gasteiger partial charge in [0.2, 0.25) is 11.7 Å². The summed E-state index contributed by atoms with van der Waals surface area (Å²) in [6, 6.07) is 24.1. The van der Waals surface area contributed by atoms with E-state index in [1.54, 1.807) is 18.2 Å². The van der Waals surface area contributed by atoms with E-state index >= 15 is 0 Å². The Bertz CT molecular complexity index is 1120. The van der Waals surface area contributed by atoms with Crippen molar-refractivity contribution in [3.8, 4) is 17.2 Å². The number of carbonyl (C=O) groups excluding carboxylic acids is 1. The van der Waals surface area contributed by atoms with Gasteiger partial charge in [0, 0.05) is 11.8 Å². The minimum atomic E-state index is -0.191. The highest BCUT2D eigenvalue weighted by molar-refractivity contribution is 6.09. The van der Waals surface area contributed by atoms with Crippen LogP contribution < -0.4 is 14.8 Å². The fourth-order valence-corrected chi connectivity index (χ4v) is 2.88. The SMILES string of the molecule is COc1ccccc1C(=O)c1cnc(Nc2cccc(Oc3ccccc3)c2)[nH]1. The Morgan fingerprint density at radius 3 is 2.52 bits per heavy atom. The van der Waals surface area contributed by atoms with E-state index in [1.807, 2.05) is 60.7 Å². The topological polar surface area (TPSA) is 76.2 Å². The smallest absolute Gasteiger partial charge is 0.214 e. The number of anilines is 2. The molecule has 0 unspecified atom stereocenters. The lowest BCUT2D eigenvalue weighted by Crippen LogP contribution is -2.04. The van der Waals surface area contributed by atoms with Crippen molar-refractivity contribution in [2.75, 3.05) is 12.4 Å². The Balaban J connectivity index is 1.49. The van der Waals surface area contributed by atoms with Gasteiger partial charge in [-0.15, -0.1) is 0 Å². The molecule has 0 spiro atoms. The summed E-state index contributed by atoms with van der Waals surface area (Å²) >= 11 is 0. The Morgan fingerprint density at radius 1 is 0.931 bits per heavy atom. The highest BCUT2D eigenvalue weighted by atomic mass is 16.5. The third kappa shape index (κ3) is 4.27. The molecule has 0 aliphatic rings. The first-order valence-electron chi connectivity index (χ1n) is 9.05. The van der Waals surface area contributed by atoms with Gasteiger partial charge in [-0.2, -0.15) is 0 Å². The van der Waals surface area contributed by atoms with E-state index in [-0.39, 0.29) is 5.78 Å². The number of benzene rings is 3. The summed E-state index contributed by atoms with van der Waals surface area (Å²) < 4.78 is 11.1. The first kappa shape index (κ1) is 18.3. The quantitative estimate of drug-likeness (QED) is 0.429. The number of aromatic nitrogens is 2. The predicted molar refractivity (Wildman–Crippen MR) is 111 cm³/mol. The summed E-state index contributed by atoms with van der Waals surface area (Å²) in [7, 11) is 1.54. The van der Waals surface area contributed by atoms with Crippen LogP contribution in [0.4, 0.5) is 11.6 Å². The lowest BCUT2D eigenvalue weighted by Gasteiger charge is -2.08. The molecule has 2 N–H and O–H groups in total. The van der Waals surface area contributed by atoms with Gasteiger partial charge in [0.05, 0.1) is 18.9 Å². The zero-order valence-electron chi connectivity index (χ0n) is 15.8. The average Bonchev–Trinajstić information content (AvgIpc) is 3.22. The molecular weight excluding hydrogens is 366 g/mol. The molecule has 1 heterocycles. The van der Waals surface area contributed by atoms with Crippen LogP contribution in [0.15, 0.2) is 85.1 Å². The van der Waals surface area contributed by atoms with Crippen LogP contribution in [-0.2, 0) is 0 Å². The van der Waals surface area contributed by atoms with E-state index < -0.39 is 0 Å². The van der Waals surface area contributed by atoms with Crippen LogP contribution in [0.3, 0.4) is 0 Å². The standard InChI is InChI=1S/C23H19N3O3/c1-28-21-13-6-5-12-19(21)22(27)20-15-24-23(26-20)25-16-8-7-11-18(14-16)29-17-9-3-2-4-10-17/h2-15H,1H3,(H2,24,25,26). The van der Waals surface area contributed by atoms with E-state index in [9.17, 15) is 4.79 Å². The number of rotatable bonds is 7. The molecule has 0 aliphatic heterocycles. The molecule has 0 aliphatic carbocycles. The maximum Gasteiger partial charge on any atom is 0.214 e. The van der Waals surface area contributed by atoms with Gasteiger partial charge in [0.25, 0.3) is 0 Å². The van der Waals surface area contributed by atoms with E-state index in [0.717, 1.165) is 11.4 Å². The predicted octanol–water partition coefficient (Wildman–Crippen LogP) is 5.19. The number of methoxy groups -OCH3 is 1. The van der Waals surface area contributed by atoms with Crippen molar-refractivity contribution >= 4 is 17.4 Å². The van der Waals surface area contributed by atoms with Crippen LogP contribution in [0.25, 0.3) is 0 Å². The highest BCUT2D eigenvalue weighted by Crippen LogP contribution is 2.26. The molecule has 0 saturated carbocycles. The zero-order chi connectivity index (χ0) is 20.1. The molecule has 3 aromatic carbocycles. The molecule has 0 radical (unpaired) electrons. The summed E-state index contributed by atoms with van der Waals surface area (Å²) in [5, 5.41) is 3.16. The summed E-state index contributed by atoms with van der Waals surface area (Å²) in [6.07, 6.45) is 1.50. The van der Waals surface area contributed by atoms with Crippen LogP contribution in [0, 0.1) is 0 Å². The number of ketones is 1. The fourth-order valence-electron chi connectivity index (χ4n) is 2.88. The Morgan fingerprint density at radius 2 is 1.69 bits per heavy atom. The minimum absolute atomic E-state index is 0.191. The molecule has 6 heteroatoms. The molecule has 144 valence electrons. The number of ether oxygens (including phenoxy) is 2. The summed E-state index contributed by atoms with van der Waals surface area (Å²) in [6.45, 7) is 0. The third-order valence-electron chi connectivity index (χ3n) is 4.25. The van der Waals surface area contributed by atoms with Gasteiger partial charge in [-0.1, -0.05) is 36.4 Å². The first-order valence-corrected chi connectivity index (χ1v) is 9.05. The van der Waals surface area contributed by atoms with Gasteiger partial charge in [0.15, 0.2) is 0 Å². The third-order valence-corrected chi connectivity index (χ3v) is 4.25. The van der Waals surface area contributed by atoms with Crippen molar-refractivity contribution in [3.05, 3.63) is 96.3 Å². The number of carbonyl (C=O) groups is 1. The molecule has 4 aromatic rings. The summed E-state index contributed by atoms with van der Waals surface area (Å²) in [4.78, 5) is 20.0. The van der Waals surface area contributed by atoms with Gasteiger partial charge >= 0.3 is 0 Å². The van der Waals surface area contributed by atoms with E-state index in [4.69, 9.17) is 9.47 Å². The minimum Gasteiger partial charge on any atom is -0.496 e. The Labute approximate surface area is 168 Å². The molecule has 1 aromatic heterocycles. The number of nitrogens with one attached hydrogen (secondary N) is 2. The largest absolute Gasteiger partial charge is 0.496 e. The van der Waals surface area contributed by atoms with Crippen LogP contribution >= 0.6 is 0 Å². The van der Waals surface area contributed by atoms with Gasteiger partial charge in [-0.25, -0.2) is 4.98 Å². The van der Waals surface area contributed by atoms with Crippen molar-refractivity contribution < 1.29 is 14.3 Å². The number of nitrogens with zero attached hydrogens (tertiary/aromatic N) is 1. The van der Waals surface area contributed by atoms with E-state index in [2.05, 4.69) is 15.3 Å². The normalized spacial score (nSPS) is 10.4. The van der Waals surface area contributed by atoms with Gasteiger partial charge in [-0.3, -0.25) is 4.79 Å². The molecule has 4 rings (SSSR count). The molecule has 0 amide bonds. The van der Waals surface area contributed by atoms with Crippen LogP contribution in [0.1, 0.15) is 16.1 Å². The molecule has 0 saturated heterocycles. The summed E-state index contributed by atoms with van der Waals surface area (Å²) in [5.74, 6) is 2.24. The molecule has 0 atom stereocenters. The maximum absolute atomic E-state index is 12.8. The van der Waals surface area contributed by atoms with Crippen LogP contribution in [-0.4, -0.2) is 22.9 Å². The van der Waals surface area contributed by atoms with Crippen molar-refractivity contribution in [2.45, 2.75) is 0 Å². The second-order valence-corrected chi connectivity index (χ2v) is 6.24. The number of H-pyrrole nitrogens is 1. The maximum atomic E-state index is 12.8. The first-order chi connectivity index (χ1) is 14.2. The molecule has 0 bridgehead atoms. The van der Waals surface area contributed by atoms with Gasteiger partial charge in [0.1, 0.15) is 22.9 Å². The number of imidazole rings is 1. The molecular formula is C23H19N3O3. The fraction of sp³-hybridized carbons (Fsp3) is 0.0435. The monoisotopic (exact) mass is 385 g/mol. The Kier molecular flexibility index (Phi) is 5.25. The van der Waals surface area contributed by atoms with E-state index in [1.165, 1.54) is 13.3 Å². The number of hydrogen-bond acceptors (Lipinski definition) is 5. The van der Waals surface area contributed by atoms with Crippen molar-refractivity contribution in [1.29, 1.82) is 0 Å². The lowest BCUT2D eigenvalue weighted by atomic mass is 10.1. The number of para-hydroxylation sites is 2. The van der Waals surface area contributed by atoms with E-state index in [0.29, 0.717) is 28.7 Å². The highest BCUT2D eigenvalue weighted by Gasteiger charge is 2.16. The van der Waals surface area contributed by atoms with Gasteiger partial charge < -0.3 is 19.8 Å². The average molecular weight is 385 g/mol. The van der Waals surface area contributed by atoms with Crippen molar-refractivity contribution in [1.82, 2.24) is 9.97 Å². The molecule has 29 heavy (non-hydrogen) atoms. The molecule has 6 nitrogen and oxygen atoms in total. The molecule has 0 fully saturated rings. The second-order valence-electron chi connectivity index (χ2n) is 6.24. The van der Waals surface area contributed by atoms with Crippen LogP contribution in [0.5, 0.6) is 17.2 Å². The van der Waals surface area contributed by atoms with Gasteiger partial charge in [-0.05, 0) is 36.4 Å². The zero-order valence-corrected chi connectivity index (χ0v) is 15.8. The second kappa shape index (κ2) is 8.31. The Hall–Kier alpha value is -4.06. The lowest BCUT2D eigenvalue weighted by molar-refractivity contribution is 0.103. The number of hydrogen-bond donors (Lipinski definition) is 2. The van der Waals surface area contributed by atoms with Crippen molar-refractivity contribution in [3.63, 3.8) is 0 Å². The summed E-state index contributed by atoms with van der Waals surface area (Å²) in [5.41, 5.74) is 1.63. The van der Waals surface area contributed by atoms with Crippen LogP contribution in [0.2, 0.25) is 0 Å².